The molecule has 4 heteroatoms. The summed E-state index contributed by atoms with van der Waals surface area (Å²) in [5.41, 5.74) is 6.02. The summed E-state index contributed by atoms with van der Waals surface area (Å²) < 4.78 is 24.8. The molecule has 1 aliphatic rings. The van der Waals surface area contributed by atoms with Crippen LogP contribution in [0, 0.1) is 5.82 Å². The lowest BCUT2D eigenvalue weighted by Crippen LogP contribution is -2.29. The number of hydrogen-bond donors (Lipinski definition) is 1. The van der Waals surface area contributed by atoms with Crippen molar-refractivity contribution in [3.63, 3.8) is 0 Å². The highest BCUT2D eigenvalue weighted by atomic mass is 19.1. The summed E-state index contributed by atoms with van der Waals surface area (Å²) in [6.07, 6.45) is 4.34. The van der Waals surface area contributed by atoms with Crippen LogP contribution in [0.5, 0.6) is 5.75 Å². The van der Waals surface area contributed by atoms with Gasteiger partial charge < -0.3 is 15.2 Å². The van der Waals surface area contributed by atoms with Gasteiger partial charge in [0.25, 0.3) is 0 Å². The van der Waals surface area contributed by atoms with Crippen LogP contribution in [-0.4, -0.2) is 19.3 Å². The molecule has 0 spiro atoms. The molecule has 0 amide bonds. The highest BCUT2D eigenvalue weighted by Crippen LogP contribution is 2.28. The van der Waals surface area contributed by atoms with Crippen LogP contribution < -0.4 is 10.5 Å². The lowest BCUT2D eigenvalue weighted by atomic mass is 9.95. The summed E-state index contributed by atoms with van der Waals surface area (Å²) in [4.78, 5) is 0. The van der Waals surface area contributed by atoms with Crippen molar-refractivity contribution in [3.05, 3.63) is 29.6 Å². The number of benzene rings is 1. The molecular formula is C14H20FNO2. The summed E-state index contributed by atoms with van der Waals surface area (Å²) in [6.45, 7) is 0.155. The highest BCUT2D eigenvalue weighted by molar-refractivity contribution is 5.34. The molecule has 1 aromatic rings. The summed E-state index contributed by atoms with van der Waals surface area (Å²) >= 11 is 0. The van der Waals surface area contributed by atoms with Gasteiger partial charge in [-0.15, -0.1) is 0 Å². The Morgan fingerprint density at radius 3 is 2.83 bits per heavy atom. The Balaban J connectivity index is 2.07. The number of hydrogen-bond acceptors (Lipinski definition) is 3. The molecule has 0 heterocycles. The minimum absolute atomic E-state index is 0.0933. The second-order valence-corrected chi connectivity index (χ2v) is 4.68. The lowest BCUT2D eigenvalue weighted by molar-refractivity contribution is 0.0206. The Morgan fingerprint density at radius 2 is 2.11 bits per heavy atom. The highest BCUT2D eigenvalue weighted by Gasteiger charge is 2.24. The van der Waals surface area contributed by atoms with E-state index >= 15 is 0 Å². The summed E-state index contributed by atoms with van der Waals surface area (Å²) in [5, 5.41) is 0. The molecular weight excluding hydrogens is 233 g/mol. The maximum Gasteiger partial charge on any atom is 0.131 e. The van der Waals surface area contributed by atoms with Crippen LogP contribution >= 0.6 is 0 Å². The Hall–Kier alpha value is -1.13. The number of rotatable bonds is 4. The van der Waals surface area contributed by atoms with E-state index in [0.717, 1.165) is 25.7 Å². The van der Waals surface area contributed by atoms with Crippen molar-refractivity contribution in [2.24, 2.45) is 5.73 Å². The van der Waals surface area contributed by atoms with E-state index in [1.54, 1.807) is 19.2 Å². The first-order valence-electron chi connectivity index (χ1n) is 6.41. The largest absolute Gasteiger partial charge is 0.490 e. The monoisotopic (exact) mass is 253 g/mol. The number of methoxy groups -OCH3 is 1. The van der Waals surface area contributed by atoms with E-state index in [1.807, 2.05) is 0 Å². The average Bonchev–Trinajstić information content (AvgIpc) is 2.39. The van der Waals surface area contributed by atoms with E-state index in [4.69, 9.17) is 15.2 Å². The van der Waals surface area contributed by atoms with E-state index in [1.165, 1.54) is 6.07 Å². The summed E-state index contributed by atoms with van der Waals surface area (Å²) in [7, 11) is 1.72. The van der Waals surface area contributed by atoms with Crippen LogP contribution in [0.4, 0.5) is 4.39 Å². The van der Waals surface area contributed by atoms with Gasteiger partial charge >= 0.3 is 0 Å². The van der Waals surface area contributed by atoms with Crippen LogP contribution in [-0.2, 0) is 11.3 Å². The predicted octanol–water partition coefficient (Wildman–Crippen LogP) is 2.62. The zero-order chi connectivity index (χ0) is 13.0. The fraction of sp³-hybridized carbons (Fsp3) is 0.571. The molecule has 100 valence electrons. The lowest BCUT2D eigenvalue weighted by Gasteiger charge is -2.29. The molecule has 0 bridgehead atoms. The molecule has 2 unspecified atom stereocenters. The van der Waals surface area contributed by atoms with E-state index in [-0.39, 0.29) is 24.6 Å². The molecule has 18 heavy (non-hydrogen) atoms. The van der Waals surface area contributed by atoms with Crippen LogP contribution in [0.25, 0.3) is 0 Å². The SMILES string of the molecule is COC1CCCC(Oc2cccc(F)c2CN)C1. The Labute approximate surface area is 107 Å². The van der Waals surface area contributed by atoms with Crippen molar-refractivity contribution in [1.29, 1.82) is 0 Å². The molecule has 0 aliphatic heterocycles. The average molecular weight is 253 g/mol. The zero-order valence-corrected chi connectivity index (χ0v) is 10.7. The van der Waals surface area contributed by atoms with E-state index < -0.39 is 0 Å². The molecule has 2 rings (SSSR count). The third-order valence-electron chi connectivity index (χ3n) is 3.48. The van der Waals surface area contributed by atoms with Crippen LogP contribution in [0.15, 0.2) is 18.2 Å². The first-order chi connectivity index (χ1) is 8.74. The Morgan fingerprint density at radius 1 is 1.33 bits per heavy atom. The molecule has 2 N–H and O–H groups in total. The maximum atomic E-state index is 13.6. The standard InChI is InChI=1S/C14H20FNO2/c1-17-10-4-2-5-11(8-10)18-14-7-3-6-13(15)12(14)9-16/h3,6-7,10-11H,2,4-5,8-9,16H2,1H3. The van der Waals surface area contributed by atoms with Crippen LogP contribution in [0.1, 0.15) is 31.2 Å². The molecule has 2 atom stereocenters. The second-order valence-electron chi connectivity index (χ2n) is 4.68. The summed E-state index contributed by atoms with van der Waals surface area (Å²) in [6, 6.07) is 4.84. The fourth-order valence-corrected chi connectivity index (χ4v) is 2.45. The normalized spacial score (nSPS) is 23.9. The molecule has 0 aromatic heterocycles. The Kier molecular flexibility index (Phi) is 4.55. The van der Waals surface area contributed by atoms with Gasteiger partial charge in [-0.05, 0) is 31.4 Å². The number of halogens is 1. The van der Waals surface area contributed by atoms with Crippen molar-refractivity contribution >= 4 is 0 Å². The van der Waals surface area contributed by atoms with Gasteiger partial charge in [0.05, 0.1) is 6.10 Å². The number of nitrogens with two attached hydrogens (primary N) is 1. The molecule has 0 saturated heterocycles. The summed E-state index contributed by atoms with van der Waals surface area (Å²) in [5.74, 6) is 0.272. The zero-order valence-electron chi connectivity index (χ0n) is 10.7. The van der Waals surface area contributed by atoms with Crippen LogP contribution in [0.2, 0.25) is 0 Å². The van der Waals surface area contributed by atoms with Gasteiger partial charge in [0.15, 0.2) is 0 Å². The molecule has 1 saturated carbocycles. The smallest absolute Gasteiger partial charge is 0.131 e. The van der Waals surface area contributed by atoms with Crippen molar-refractivity contribution < 1.29 is 13.9 Å². The van der Waals surface area contributed by atoms with E-state index in [0.29, 0.717) is 11.3 Å². The van der Waals surface area contributed by atoms with Crippen LogP contribution in [0.3, 0.4) is 0 Å². The first kappa shape index (κ1) is 13.3. The quantitative estimate of drug-likeness (QED) is 0.897. The molecule has 1 aromatic carbocycles. The molecule has 1 fully saturated rings. The fourth-order valence-electron chi connectivity index (χ4n) is 2.45. The predicted molar refractivity (Wildman–Crippen MR) is 68.0 cm³/mol. The molecule has 3 nitrogen and oxygen atoms in total. The maximum absolute atomic E-state index is 13.6. The van der Waals surface area contributed by atoms with E-state index in [9.17, 15) is 4.39 Å². The van der Waals surface area contributed by atoms with Gasteiger partial charge in [0.1, 0.15) is 17.7 Å². The van der Waals surface area contributed by atoms with Crippen molar-refractivity contribution in [1.82, 2.24) is 0 Å². The molecule has 0 radical (unpaired) electrons. The minimum atomic E-state index is -0.297. The van der Waals surface area contributed by atoms with Gasteiger partial charge in [-0.25, -0.2) is 4.39 Å². The van der Waals surface area contributed by atoms with Gasteiger partial charge in [-0.3, -0.25) is 0 Å². The van der Waals surface area contributed by atoms with Gasteiger partial charge in [0.2, 0.25) is 0 Å². The topological polar surface area (TPSA) is 44.5 Å². The van der Waals surface area contributed by atoms with Crippen molar-refractivity contribution in [2.75, 3.05) is 7.11 Å². The Bertz CT molecular complexity index is 397. The van der Waals surface area contributed by atoms with Gasteiger partial charge in [0, 0.05) is 25.6 Å². The third-order valence-corrected chi connectivity index (χ3v) is 3.48. The van der Waals surface area contributed by atoms with Crippen molar-refractivity contribution in [3.8, 4) is 5.75 Å². The van der Waals surface area contributed by atoms with Gasteiger partial charge in [-0.2, -0.15) is 0 Å². The number of ether oxygens (including phenoxy) is 2. The second kappa shape index (κ2) is 6.16. The third kappa shape index (κ3) is 3.00. The first-order valence-corrected chi connectivity index (χ1v) is 6.41. The van der Waals surface area contributed by atoms with Gasteiger partial charge in [-0.1, -0.05) is 6.07 Å². The van der Waals surface area contributed by atoms with Crippen molar-refractivity contribution in [2.45, 2.75) is 44.4 Å². The molecule has 1 aliphatic carbocycles. The minimum Gasteiger partial charge on any atom is -0.490 e. The van der Waals surface area contributed by atoms with E-state index in [2.05, 4.69) is 0 Å².